The van der Waals surface area contributed by atoms with Crippen molar-refractivity contribution in [3.05, 3.63) is 29.8 Å². The van der Waals surface area contributed by atoms with Crippen LogP contribution in [0.15, 0.2) is 24.3 Å². The number of hydrogen-bond donors (Lipinski definition) is 2. The van der Waals surface area contributed by atoms with Gasteiger partial charge in [0.25, 0.3) is 5.79 Å². The summed E-state index contributed by atoms with van der Waals surface area (Å²) in [6.45, 7) is 8.32. The van der Waals surface area contributed by atoms with Gasteiger partial charge in [-0.3, -0.25) is 0 Å². The lowest BCUT2D eigenvalue weighted by Gasteiger charge is -2.61. The predicted molar refractivity (Wildman–Crippen MR) is 75.3 cm³/mol. The first kappa shape index (κ1) is 14.8. The van der Waals surface area contributed by atoms with Crippen LogP contribution in [0.5, 0.6) is 5.75 Å². The van der Waals surface area contributed by atoms with Crippen molar-refractivity contribution in [2.75, 3.05) is 13.2 Å². The maximum atomic E-state index is 9.88. The van der Waals surface area contributed by atoms with Gasteiger partial charge in [0.05, 0.1) is 13.2 Å². The quantitative estimate of drug-likeness (QED) is 0.837. The van der Waals surface area contributed by atoms with Crippen molar-refractivity contribution in [1.82, 2.24) is 0 Å². The predicted octanol–water partition coefficient (Wildman–Crippen LogP) is 2.32. The molecule has 0 radical (unpaired) electrons. The summed E-state index contributed by atoms with van der Waals surface area (Å²) in [6.07, 6.45) is 0. The summed E-state index contributed by atoms with van der Waals surface area (Å²) in [4.78, 5) is 11.1. The summed E-state index contributed by atoms with van der Waals surface area (Å²) < 4.78 is 6.02. The number of benzene rings is 1. The molecule has 3 rings (SSSR count). The van der Waals surface area contributed by atoms with Gasteiger partial charge in [0.1, 0.15) is 5.75 Å². The molecule has 116 valence electrons. The van der Waals surface area contributed by atoms with Crippen LogP contribution in [0.25, 0.3) is 0 Å². The fourth-order valence-electron chi connectivity index (χ4n) is 3.90. The van der Waals surface area contributed by atoms with E-state index < -0.39 is 16.8 Å². The van der Waals surface area contributed by atoms with E-state index in [1.807, 2.05) is 33.8 Å². The molecule has 5 nitrogen and oxygen atoms in total. The van der Waals surface area contributed by atoms with E-state index in [-0.39, 0.29) is 17.8 Å². The number of hydrogen-bond acceptors (Lipinski definition) is 5. The van der Waals surface area contributed by atoms with E-state index in [9.17, 15) is 10.2 Å². The van der Waals surface area contributed by atoms with Gasteiger partial charge in [0, 0.05) is 16.4 Å². The normalized spacial score (nSPS) is 34.3. The number of phenols is 1. The van der Waals surface area contributed by atoms with Gasteiger partial charge in [-0.05, 0) is 12.1 Å². The highest BCUT2D eigenvalue weighted by Crippen LogP contribution is 2.69. The molecule has 2 aliphatic rings. The van der Waals surface area contributed by atoms with Crippen LogP contribution < -0.4 is 0 Å². The molecule has 0 spiro atoms. The van der Waals surface area contributed by atoms with Gasteiger partial charge in [-0.2, -0.15) is 4.89 Å². The lowest BCUT2D eigenvalue weighted by Crippen LogP contribution is -2.74. The number of aromatic hydroxyl groups is 1. The largest absolute Gasteiger partial charge is 0.508 e. The van der Waals surface area contributed by atoms with Crippen LogP contribution in [0.3, 0.4) is 0 Å². The minimum atomic E-state index is -1.11. The smallest absolute Gasteiger partial charge is 0.261 e. The van der Waals surface area contributed by atoms with Crippen molar-refractivity contribution in [1.29, 1.82) is 0 Å². The Labute approximate surface area is 124 Å². The molecular formula is C16H22O5. The third kappa shape index (κ3) is 1.55. The Morgan fingerprint density at radius 2 is 1.95 bits per heavy atom. The summed E-state index contributed by atoms with van der Waals surface area (Å²) in [5, 5.41) is 19.6. The molecule has 2 N–H and O–H groups in total. The zero-order valence-electron chi connectivity index (χ0n) is 12.8. The maximum Gasteiger partial charge on any atom is 0.261 e. The first-order valence-electron chi connectivity index (χ1n) is 7.14. The van der Waals surface area contributed by atoms with Gasteiger partial charge >= 0.3 is 0 Å². The molecule has 2 heterocycles. The fourth-order valence-corrected chi connectivity index (χ4v) is 3.90. The number of fused-ring (bicyclic) bond motifs is 1. The first-order valence-corrected chi connectivity index (χ1v) is 7.14. The molecular weight excluding hydrogens is 272 g/mol. The zero-order valence-corrected chi connectivity index (χ0v) is 12.8. The average Bonchev–Trinajstić information content (AvgIpc) is 2.53. The summed E-state index contributed by atoms with van der Waals surface area (Å²) >= 11 is 0. The SMILES string of the molecule is CC(C)(CO)C12OOC1(c1cccc(O)c1)OCC2(C)C. The van der Waals surface area contributed by atoms with E-state index in [1.54, 1.807) is 18.2 Å². The lowest BCUT2D eigenvalue weighted by molar-refractivity contribution is -0.628. The second-order valence-electron chi connectivity index (χ2n) is 7.23. The van der Waals surface area contributed by atoms with E-state index in [1.165, 1.54) is 0 Å². The Hall–Kier alpha value is -1.14. The molecule has 1 aromatic carbocycles. The van der Waals surface area contributed by atoms with Gasteiger partial charge in [-0.25, -0.2) is 4.89 Å². The second-order valence-corrected chi connectivity index (χ2v) is 7.23. The molecule has 21 heavy (non-hydrogen) atoms. The van der Waals surface area contributed by atoms with Crippen molar-refractivity contribution in [3.63, 3.8) is 0 Å². The third-order valence-corrected chi connectivity index (χ3v) is 4.91. The first-order chi connectivity index (χ1) is 9.72. The Balaban J connectivity index is 2.19. The number of rotatable bonds is 3. The van der Waals surface area contributed by atoms with Crippen LogP contribution in [0.2, 0.25) is 0 Å². The molecule has 2 atom stereocenters. The fraction of sp³-hybridized carbons (Fsp3) is 0.625. The van der Waals surface area contributed by atoms with Crippen LogP contribution in [0, 0.1) is 10.8 Å². The maximum absolute atomic E-state index is 9.88. The summed E-state index contributed by atoms with van der Waals surface area (Å²) in [5.41, 5.74) is -1.09. The monoisotopic (exact) mass is 294 g/mol. The molecule has 1 aromatic rings. The highest BCUT2D eigenvalue weighted by Gasteiger charge is 2.82. The molecule has 2 saturated heterocycles. The summed E-state index contributed by atoms with van der Waals surface area (Å²) in [6, 6.07) is 6.79. The Morgan fingerprint density at radius 3 is 2.48 bits per heavy atom. The van der Waals surface area contributed by atoms with E-state index >= 15 is 0 Å². The molecule has 0 aromatic heterocycles. The Morgan fingerprint density at radius 1 is 1.24 bits per heavy atom. The molecule has 2 fully saturated rings. The van der Waals surface area contributed by atoms with Crippen LogP contribution in [-0.4, -0.2) is 29.0 Å². The lowest BCUT2D eigenvalue weighted by atomic mass is 9.57. The minimum Gasteiger partial charge on any atom is -0.508 e. The molecule has 2 unspecified atom stereocenters. The van der Waals surface area contributed by atoms with Gasteiger partial charge in [0.15, 0.2) is 5.60 Å². The van der Waals surface area contributed by atoms with Gasteiger partial charge in [-0.1, -0.05) is 39.8 Å². The molecule has 0 aliphatic carbocycles. The van der Waals surface area contributed by atoms with Gasteiger partial charge in [0.2, 0.25) is 0 Å². The molecule has 2 aliphatic heterocycles. The summed E-state index contributed by atoms with van der Waals surface area (Å²) in [7, 11) is 0. The van der Waals surface area contributed by atoms with E-state index in [0.717, 1.165) is 0 Å². The Bertz CT molecular complexity index is 568. The highest BCUT2D eigenvalue weighted by molar-refractivity contribution is 5.37. The third-order valence-electron chi connectivity index (χ3n) is 4.91. The van der Waals surface area contributed by atoms with Crippen molar-refractivity contribution < 1.29 is 24.7 Å². The standard InChI is InChI=1S/C16H22O5/c1-13(2,9-17)16-14(3,4)10-19-15(16,20-21-16)11-6-5-7-12(18)8-11/h5-8,17-18H,9-10H2,1-4H3. The van der Waals surface area contributed by atoms with Gasteiger partial charge < -0.3 is 14.9 Å². The van der Waals surface area contributed by atoms with Crippen molar-refractivity contribution in [2.24, 2.45) is 10.8 Å². The zero-order chi connectivity index (χ0) is 15.5. The number of phenolic OH excluding ortho intramolecular Hbond substituents is 1. The number of aliphatic hydroxyl groups is 1. The van der Waals surface area contributed by atoms with Crippen LogP contribution >= 0.6 is 0 Å². The van der Waals surface area contributed by atoms with Gasteiger partial charge in [-0.15, -0.1) is 0 Å². The molecule has 5 heteroatoms. The van der Waals surface area contributed by atoms with Crippen molar-refractivity contribution in [3.8, 4) is 5.75 Å². The Kier molecular flexibility index (Phi) is 2.95. The minimum absolute atomic E-state index is 0.0658. The van der Waals surface area contributed by atoms with Crippen LogP contribution in [0.4, 0.5) is 0 Å². The van der Waals surface area contributed by atoms with E-state index in [0.29, 0.717) is 12.2 Å². The number of ether oxygens (including phenoxy) is 1. The molecule has 0 saturated carbocycles. The molecule has 0 bridgehead atoms. The van der Waals surface area contributed by atoms with E-state index in [2.05, 4.69) is 0 Å². The molecule has 0 amide bonds. The van der Waals surface area contributed by atoms with E-state index in [4.69, 9.17) is 14.5 Å². The highest BCUT2D eigenvalue weighted by atomic mass is 17.3. The van der Waals surface area contributed by atoms with Crippen LogP contribution in [-0.2, 0) is 20.3 Å². The second kappa shape index (κ2) is 4.20. The van der Waals surface area contributed by atoms with Crippen LogP contribution in [0.1, 0.15) is 33.3 Å². The topological polar surface area (TPSA) is 68.2 Å². The van der Waals surface area contributed by atoms with Crippen molar-refractivity contribution in [2.45, 2.75) is 39.1 Å². The number of aliphatic hydroxyl groups excluding tert-OH is 1. The average molecular weight is 294 g/mol. The van der Waals surface area contributed by atoms with Crippen molar-refractivity contribution >= 4 is 0 Å². The summed E-state index contributed by atoms with van der Waals surface area (Å²) in [5.74, 6) is -0.969.